The van der Waals surface area contributed by atoms with E-state index in [2.05, 4.69) is 9.97 Å². The van der Waals surface area contributed by atoms with Gasteiger partial charge in [-0.15, -0.1) is 11.3 Å². The normalized spacial score (nSPS) is 10.5. The van der Waals surface area contributed by atoms with Crippen LogP contribution in [0, 0.1) is 6.92 Å². The van der Waals surface area contributed by atoms with Crippen LogP contribution in [0.3, 0.4) is 0 Å². The van der Waals surface area contributed by atoms with Gasteiger partial charge in [0.1, 0.15) is 0 Å². The van der Waals surface area contributed by atoms with Gasteiger partial charge in [-0.2, -0.15) is 0 Å². The first kappa shape index (κ1) is 12.0. The fourth-order valence-electron chi connectivity index (χ4n) is 1.44. The van der Waals surface area contributed by atoms with Crippen LogP contribution in [0.1, 0.15) is 16.3 Å². The molecule has 2 aromatic rings. The summed E-state index contributed by atoms with van der Waals surface area (Å²) in [6.07, 6.45) is 0.835. The van der Waals surface area contributed by atoms with Crippen molar-refractivity contribution in [3.8, 4) is 5.88 Å². The van der Waals surface area contributed by atoms with E-state index in [1.807, 2.05) is 18.5 Å². The molecule has 5 heteroatoms. The lowest BCUT2D eigenvalue weighted by Gasteiger charge is -2.05. The second-order valence-electron chi connectivity index (χ2n) is 3.58. The summed E-state index contributed by atoms with van der Waals surface area (Å²) in [5.41, 5.74) is 3.53. The van der Waals surface area contributed by atoms with Gasteiger partial charge in [0.2, 0.25) is 5.88 Å². The Labute approximate surface area is 104 Å². The molecule has 0 spiro atoms. The second kappa shape index (κ2) is 5.75. The van der Waals surface area contributed by atoms with Crippen LogP contribution in [0.2, 0.25) is 0 Å². The van der Waals surface area contributed by atoms with Gasteiger partial charge in [0, 0.05) is 17.4 Å². The lowest BCUT2D eigenvalue weighted by molar-refractivity contribution is 0.269. The summed E-state index contributed by atoms with van der Waals surface area (Å²) in [5, 5.41) is 8.95. The van der Waals surface area contributed by atoms with Gasteiger partial charge in [-0.25, -0.2) is 9.97 Å². The molecule has 0 amide bonds. The zero-order valence-electron chi connectivity index (χ0n) is 9.59. The van der Waals surface area contributed by atoms with Gasteiger partial charge < -0.3 is 9.84 Å². The van der Waals surface area contributed by atoms with Crippen LogP contribution in [-0.4, -0.2) is 21.7 Å². The van der Waals surface area contributed by atoms with E-state index in [0.717, 1.165) is 12.1 Å². The molecule has 0 aliphatic rings. The van der Waals surface area contributed by atoms with Crippen LogP contribution in [0.15, 0.2) is 23.7 Å². The topological polar surface area (TPSA) is 55.2 Å². The fraction of sp³-hybridized carbons (Fsp3) is 0.333. The third-order valence-electron chi connectivity index (χ3n) is 2.37. The molecule has 0 bridgehead atoms. The number of aryl methyl sites for hydroxylation is 1. The van der Waals surface area contributed by atoms with Crippen molar-refractivity contribution in [3.63, 3.8) is 0 Å². The second-order valence-corrected chi connectivity index (χ2v) is 4.52. The van der Waals surface area contributed by atoms with Crippen LogP contribution in [0.5, 0.6) is 5.88 Å². The number of aliphatic hydroxyl groups is 1. The summed E-state index contributed by atoms with van der Waals surface area (Å²) in [4.78, 5) is 9.57. The molecule has 0 saturated heterocycles. The Balaban J connectivity index is 1.87. The monoisotopic (exact) mass is 250 g/mol. The van der Waals surface area contributed by atoms with Crippen molar-refractivity contribution in [2.75, 3.05) is 6.61 Å². The highest BCUT2D eigenvalue weighted by atomic mass is 32.1. The summed E-state index contributed by atoms with van der Waals surface area (Å²) in [6.45, 7) is 2.51. The Hall–Kier alpha value is -1.46. The largest absolute Gasteiger partial charge is 0.477 e. The van der Waals surface area contributed by atoms with Crippen molar-refractivity contribution in [2.24, 2.45) is 0 Å². The van der Waals surface area contributed by atoms with Crippen molar-refractivity contribution in [2.45, 2.75) is 20.0 Å². The highest BCUT2D eigenvalue weighted by Crippen LogP contribution is 2.14. The van der Waals surface area contributed by atoms with Crippen LogP contribution in [0.4, 0.5) is 0 Å². The van der Waals surface area contributed by atoms with Crippen molar-refractivity contribution in [1.29, 1.82) is 0 Å². The Bertz CT molecular complexity index is 485. The van der Waals surface area contributed by atoms with Crippen molar-refractivity contribution in [3.05, 3.63) is 40.0 Å². The average molecular weight is 250 g/mol. The summed E-state index contributed by atoms with van der Waals surface area (Å²) in [6, 6.07) is 5.38. The van der Waals surface area contributed by atoms with Crippen LogP contribution < -0.4 is 4.74 Å². The van der Waals surface area contributed by atoms with E-state index in [4.69, 9.17) is 9.84 Å². The number of hydrogen-bond acceptors (Lipinski definition) is 5. The van der Waals surface area contributed by atoms with Gasteiger partial charge >= 0.3 is 0 Å². The number of nitrogens with zero attached hydrogens (tertiary/aromatic N) is 2. The SMILES string of the molecule is Cc1ncsc1CCOc1cccc(CO)n1. The molecule has 0 unspecified atom stereocenters. The molecule has 4 nitrogen and oxygen atoms in total. The van der Waals surface area contributed by atoms with E-state index in [9.17, 15) is 0 Å². The number of pyridine rings is 1. The molecule has 0 saturated carbocycles. The highest BCUT2D eigenvalue weighted by molar-refractivity contribution is 7.09. The molecule has 90 valence electrons. The van der Waals surface area contributed by atoms with Crippen LogP contribution in [0.25, 0.3) is 0 Å². The molecule has 0 radical (unpaired) electrons. The zero-order chi connectivity index (χ0) is 12.1. The number of ether oxygens (including phenoxy) is 1. The quantitative estimate of drug-likeness (QED) is 0.881. The minimum absolute atomic E-state index is 0.0643. The average Bonchev–Trinajstić information content (AvgIpc) is 2.76. The van der Waals surface area contributed by atoms with Gasteiger partial charge in [0.25, 0.3) is 0 Å². The predicted octanol–water partition coefficient (Wildman–Crippen LogP) is 1.96. The summed E-state index contributed by atoms with van der Waals surface area (Å²) in [5.74, 6) is 0.554. The first-order valence-corrected chi connectivity index (χ1v) is 6.26. The maximum atomic E-state index is 8.95. The minimum atomic E-state index is -0.0643. The molecule has 0 aliphatic carbocycles. The number of rotatable bonds is 5. The lowest BCUT2D eigenvalue weighted by Crippen LogP contribution is -2.03. The highest BCUT2D eigenvalue weighted by Gasteiger charge is 2.02. The van der Waals surface area contributed by atoms with Gasteiger partial charge in [-0.1, -0.05) is 6.07 Å². The molecule has 2 rings (SSSR count). The van der Waals surface area contributed by atoms with E-state index in [1.54, 1.807) is 23.5 Å². The van der Waals surface area contributed by atoms with Gasteiger partial charge in [0.15, 0.2) is 0 Å². The molecule has 1 N–H and O–H groups in total. The van der Waals surface area contributed by atoms with E-state index in [-0.39, 0.29) is 6.61 Å². The molecule has 0 atom stereocenters. The third kappa shape index (κ3) is 3.25. The molecule has 0 aliphatic heterocycles. The van der Waals surface area contributed by atoms with Crippen LogP contribution in [-0.2, 0) is 13.0 Å². The fourth-order valence-corrected chi connectivity index (χ4v) is 2.20. The maximum absolute atomic E-state index is 8.95. The maximum Gasteiger partial charge on any atom is 0.213 e. The number of aliphatic hydroxyl groups excluding tert-OH is 1. The Kier molecular flexibility index (Phi) is 4.06. The van der Waals surface area contributed by atoms with E-state index < -0.39 is 0 Å². The predicted molar refractivity (Wildman–Crippen MR) is 66.2 cm³/mol. The van der Waals surface area contributed by atoms with E-state index in [0.29, 0.717) is 18.2 Å². The van der Waals surface area contributed by atoms with E-state index >= 15 is 0 Å². The molecular weight excluding hydrogens is 236 g/mol. The molecule has 0 aromatic carbocycles. The molecular formula is C12H14N2O2S. The third-order valence-corrected chi connectivity index (χ3v) is 3.36. The molecule has 17 heavy (non-hydrogen) atoms. The Morgan fingerprint density at radius 3 is 3.00 bits per heavy atom. The first-order valence-electron chi connectivity index (χ1n) is 5.38. The standard InChI is InChI=1S/C12H14N2O2S/c1-9-11(17-8-13-9)5-6-16-12-4-2-3-10(7-15)14-12/h2-4,8,15H,5-7H2,1H3. The minimum Gasteiger partial charge on any atom is -0.477 e. The van der Waals surface area contributed by atoms with Crippen molar-refractivity contribution < 1.29 is 9.84 Å². The summed E-state index contributed by atoms with van der Waals surface area (Å²) < 4.78 is 5.53. The molecule has 2 heterocycles. The summed E-state index contributed by atoms with van der Waals surface area (Å²) in [7, 11) is 0. The molecule has 2 aromatic heterocycles. The van der Waals surface area contributed by atoms with Gasteiger partial charge in [-0.05, 0) is 13.0 Å². The smallest absolute Gasteiger partial charge is 0.213 e. The molecule has 0 fully saturated rings. The Morgan fingerprint density at radius 2 is 2.29 bits per heavy atom. The van der Waals surface area contributed by atoms with Gasteiger partial charge in [-0.3, -0.25) is 0 Å². The van der Waals surface area contributed by atoms with Crippen LogP contribution >= 0.6 is 11.3 Å². The number of hydrogen-bond donors (Lipinski definition) is 1. The summed E-state index contributed by atoms with van der Waals surface area (Å²) >= 11 is 1.64. The van der Waals surface area contributed by atoms with Crippen molar-refractivity contribution >= 4 is 11.3 Å². The lowest BCUT2D eigenvalue weighted by atomic mass is 10.3. The van der Waals surface area contributed by atoms with E-state index in [1.165, 1.54) is 4.88 Å². The zero-order valence-corrected chi connectivity index (χ0v) is 10.4. The van der Waals surface area contributed by atoms with Crippen molar-refractivity contribution in [1.82, 2.24) is 9.97 Å². The van der Waals surface area contributed by atoms with Gasteiger partial charge in [0.05, 0.1) is 30.1 Å². The Morgan fingerprint density at radius 1 is 1.41 bits per heavy atom. The number of thiazole rings is 1. The number of aromatic nitrogens is 2. The first-order chi connectivity index (χ1) is 8.29.